The van der Waals surface area contributed by atoms with Crippen molar-refractivity contribution in [3.63, 3.8) is 0 Å². The fraction of sp³-hybridized carbons (Fsp3) is 0.0769. The highest BCUT2D eigenvalue weighted by Crippen LogP contribution is 2.12. The Balaban J connectivity index is 1.85. The minimum atomic E-state index is -0.701. The van der Waals surface area contributed by atoms with Gasteiger partial charge in [-0.2, -0.15) is 0 Å². The summed E-state index contributed by atoms with van der Waals surface area (Å²) < 4.78 is 10.0. The van der Waals surface area contributed by atoms with Gasteiger partial charge < -0.3 is 9.47 Å². The number of carbonyl (C=O) groups is 1. The second-order valence-corrected chi connectivity index (χ2v) is 3.21. The van der Waals surface area contributed by atoms with Gasteiger partial charge in [0, 0.05) is 6.42 Å². The number of carbonyl (C=O) groups excluding carboxylic acids is 1. The number of ether oxygens (including phenoxy) is 2. The molecule has 1 aromatic carbocycles. The molecule has 0 fully saturated rings. The first-order valence-corrected chi connectivity index (χ1v) is 4.96. The highest BCUT2D eigenvalue weighted by molar-refractivity contribution is 5.64. The molecule has 1 aromatic rings. The summed E-state index contributed by atoms with van der Waals surface area (Å²) in [4.78, 5) is 11.4. The first-order valence-electron chi connectivity index (χ1n) is 4.96. The summed E-state index contributed by atoms with van der Waals surface area (Å²) in [6.45, 7) is 0. The van der Waals surface area contributed by atoms with E-state index in [-0.39, 0.29) is 6.10 Å². The molecule has 1 unspecified atom stereocenters. The Morgan fingerprint density at radius 2 is 1.88 bits per heavy atom. The second-order valence-electron chi connectivity index (χ2n) is 3.21. The number of para-hydroxylation sites is 1. The monoisotopic (exact) mass is 215 g/mol. The molecule has 2 rings (SSSR count). The molecule has 0 heterocycles. The zero-order chi connectivity index (χ0) is 11.2. The predicted molar refractivity (Wildman–Crippen MR) is 59.9 cm³/mol. The highest BCUT2D eigenvalue weighted by Gasteiger charge is 2.13. The summed E-state index contributed by atoms with van der Waals surface area (Å²) in [5.41, 5.74) is 0. The summed E-state index contributed by atoms with van der Waals surface area (Å²) in [6.07, 6.45) is 8.00. The first kappa shape index (κ1) is 10.5. The van der Waals surface area contributed by atoms with E-state index in [1.54, 1.807) is 36.8 Å². The molecule has 0 amide bonds. The van der Waals surface area contributed by atoms with Crippen LogP contribution < -0.4 is 4.74 Å². The number of hydrogen-bond donors (Lipinski definition) is 0. The van der Waals surface area contributed by atoms with E-state index in [1.807, 2.05) is 24.3 Å². The lowest BCUT2D eigenvalue weighted by Crippen LogP contribution is -2.19. The van der Waals surface area contributed by atoms with Crippen molar-refractivity contribution < 1.29 is 14.3 Å². The van der Waals surface area contributed by atoms with E-state index >= 15 is 0 Å². The van der Waals surface area contributed by atoms with Crippen LogP contribution in [0.1, 0.15) is 0 Å². The Bertz CT molecular complexity index is 406. The van der Waals surface area contributed by atoms with E-state index < -0.39 is 6.16 Å². The Hall–Kier alpha value is -2.03. The topological polar surface area (TPSA) is 35.5 Å². The minimum absolute atomic E-state index is 0.346. The molecule has 0 N–H and O–H groups in total. The third-order valence-electron chi connectivity index (χ3n) is 2.00. The van der Waals surface area contributed by atoms with E-state index in [2.05, 4.69) is 0 Å². The summed E-state index contributed by atoms with van der Waals surface area (Å²) in [5.74, 6) is 0.475. The van der Waals surface area contributed by atoms with Gasteiger partial charge in [-0.3, -0.25) is 0 Å². The van der Waals surface area contributed by atoms with Crippen molar-refractivity contribution in [1.29, 1.82) is 0 Å². The molecule has 0 saturated heterocycles. The van der Waals surface area contributed by atoms with Gasteiger partial charge in [0.25, 0.3) is 0 Å². The summed E-state index contributed by atoms with van der Waals surface area (Å²) in [6, 6.07) is 8.82. The fourth-order valence-corrected chi connectivity index (χ4v) is 1.27. The Morgan fingerprint density at radius 3 is 2.56 bits per heavy atom. The van der Waals surface area contributed by atoms with Gasteiger partial charge in [0.1, 0.15) is 11.9 Å². The summed E-state index contributed by atoms with van der Waals surface area (Å²) in [7, 11) is 0. The molecule has 16 heavy (non-hydrogen) atoms. The first-order chi connectivity index (χ1) is 7.84. The number of hydrogen-bond acceptors (Lipinski definition) is 3. The fourth-order valence-electron chi connectivity index (χ4n) is 1.27. The smallest absolute Gasteiger partial charge is 0.426 e. The van der Waals surface area contributed by atoms with Crippen molar-refractivity contribution in [3.05, 3.63) is 61.1 Å². The van der Waals surface area contributed by atoms with E-state index in [4.69, 9.17) is 9.47 Å². The predicted octanol–water partition coefficient (Wildman–Crippen LogP) is 2.90. The Kier molecular flexibility index (Phi) is 3.38. The van der Waals surface area contributed by atoms with Gasteiger partial charge in [-0.15, -0.1) is 0 Å². The van der Waals surface area contributed by atoms with Crippen molar-refractivity contribution >= 4 is 6.16 Å². The normalized spacial score (nSPS) is 18.1. The van der Waals surface area contributed by atoms with Crippen LogP contribution in [0.15, 0.2) is 54.6 Å². The molecule has 3 heteroatoms. The average Bonchev–Trinajstić information content (AvgIpc) is 2.31. The lowest BCUT2D eigenvalue weighted by atomic mass is 10.1. The van der Waals surface area contributed by atoms with Crippen molar-refractivity contribution in [2.24, 2.45) is 0 Å². The largest absolute Gasteiger partial charge is 0.514 e. The van der Waals surface area contributed by atoms with Crippen LogP contribution in [0.5, 0.6) is 5.75 Å². The molecule has 1 aliphatic rings. The number of allylic oxidation sites excluding steroid dienone is 2. The standard InChI is InChI=1S/C13H11O3/c14-13(15-11-7-3-1-4-8-11)16-12-9-5-2-6-10-12/h1-11H. The maximum atomic E-state index is 11.4. The maximum Gasteiger partial charge on any atom is 0.514 e. The van der Waals surface area contributed by atoms with Gasteiger partial charge in [0.15, 0.2) is 0 Å². The van der Waals surface area contributed by atoms with Crippen molar-refractivity contribution in [3.8, 4) is 5.75 Å². The molecule has 0 spiro atoms. The molecule has 3 nitrogen and oxygen atoms in total. The van der Waals surface area contributed by atoms with Crippen molar-refractivity contribution in [2.75, 3.05) is 0 Å². The van der Waals surface area contributed by atoms with Gasteiger partial charge >= 0.3 is 6.16 Å². The third kappa shape index (κ3) is 2.98. The Morgan fingerprint density at radius 1 is 1.06 bits per heavy atom. The van der Waals surface area contributed by atoms with Crippen LogP contribution in [0.3, 0.4) is 0 Å². The Labute approximate surface area is 94.0 Å². The molecular formula is C13H11O3. The lowest BCUT2D eigenvalue weighted by molar-refractivity contribution is 0.0870. The van der Waals surface area contributed by atoms with E-state index in [1.165, 1.54) is 0 Å². The van der Waals surface area contributed by atoms with Crippen LogP contribution in [-0.4, -0.2) is 12.3 Å². The van der Waals surface area contributed by atoms with Crippen LogP contribution in [0.2, 0.25) is 0 Å². The molecule has 1 radical (unpaired) electrons. The number of rotatable bonds is 2. The van der Waals surface area contributed by atoms with Crippen molar-refractivity contribution in [1.82, 2.24) is 0 Å². The summed E-state index contributed by atoms with van der Waals surface area (Å²) >= 11 is 0. The molecule has 0 bridgehead atoms. The SMILES string of the molecule is O=C(Oc1ccccc1)OC1[CH]C=CC=C1. The molecule has 1 atom stereocenters. The zero-order valence-corrected chi connectivity index (χ0v) is 8.58. The highest BCUT2D eigenvalue weighted by atomic mass is 16.7. The van der Waals surface area contributed by atoms with Gasteiger partial charge in [-0.05, 0) is 18.2 Å². The van der Waals surface area contributed by atoms with Gasteiger partial charge in [0.05, 0.1) is 0 Å². The minimum Gasteiger partial charge on any atom is -0.426 e. The van der Waals surface area contributed by atoms with Gasteiger partial charge in [-0.1, -0.05) is 36.4 Å². The molecule has 0 aliphatic heterocycles. The number of benzene rings is 1. The molecule has 0 aromatic heterocycles. The second kappa shape index (κ2) is 5.16. The van der Waals surface area contributed by atoms with Crippen LogP contribution in [0.25, 0.3) is 0 Å². The molecule has 0 saturated carbocycles. The van der Waals surface area contributed by atoms with E-state index in [0.29, 0.717) is 5.75 Å². The van der Waals surface area contributed by atoms with Crippen molar-refractivity contribution in [2.45, 2.75) is 6.10 Å². The quantitative estimate of drug-likeness (QED) is 0.562. The lowest BCUT2D eigenvalue weighted by Gasteiger charge is -2.13. The molecular weight excluding hydrogens is 204 g/mol. The summed E-state index contributed by atoms with van der Waals surface area (Å²) in [5, 5.41) is 0. The van der Waals surface area contributed by atoms with Crippen LogP contribution in [0.4, 0.5) is 4.79 Å². The van der Waals surface area contributed by atoms with E-state index in [9.17, 15) is 4.79 Å². The van der Waals surface area contributed by atoms with Crippen LogP contribution in [-0.2, 0) is 4.74 Å². The average molecular weight is 215 g/mol. The third-order valence-corrected chi connectivity index (χ3v) is 2.00. The molecule has 1 aliphatic carbocycles. The van der Waals surface area contributed by atoms with E-state index in [0.717, 1.165) is 0 Å². The van der Waals surface area contributed by atoms with Gasteiger partial charge in [-0.25, -0.2) is 4.79 Å². The zero-order valence-electron chi connectivity index (χ0n) is 8.58. The van der Waals surface area contributed by atoms with Crippen LogP contribution in [0, 0.1) is 6.42 Å². The maximum absolute atomic E-state index is 11.4. The van der Waals surface area contributed by atoms with Gasteiger partial charge in [0.2, 0.25) is 0 Å². The molecule has 81 valence electrons. The van der Waals surface area contributed by atoms with Crippen LogP contribution >= 0.6 is 0 Å².